The highest BCUT2D eigenvalue weighted by molar-refractivity contribution is 6.78. The van der Waals surface area contributed by atoms with Crippen molar-refractivity contribution in [3.8, 4) is 0 Å². The molecule has 1 aliphatic rings. The summed E-state index contributed by atoms with van der Waals surface area (Å²) >= 11 is 0. The zero-order chi connectivity index (χ0) is 12.6. The molecule has 1 rings (SSSR count). The Morgan fingerprint density at radius 2 is 1.12 bits per heavy atom. The minimum absolute atomic E-state index is 0.906. The summed E-state index contributed by atoms with van der Waals surface area (Å²) in [6, 6.07) is 0. The molecule has 16 heavy (non-hydrogen) atoms. The van der Waals surface area contributed by atoms with Gasteiger partial charge in [-0.05, 0) is 31.1 Å². The quantitative estimate of drug-likeness (QED) is 0.758. The molecule has 1 saturated carbocycles. The van der Waals surface area contributed by atoms with Gasteiger partial charge in [-0.15, -0.1) is 0 Å². The summed E-state index contributed by atoms with van der Waals surface area (Å²) in [4.78, 5) is 7.28. The molecule has 0 bridgehead atoms. The van der Waals surface area contributed by atoms with Crippen molar-refractivity contribution in [1.82, 2.24) is 9.96 Å². The van der Waals surface area contributed by atoms with Crippen LogP contribution in [-0.2, 0) is 0 Å². The zero-order valence-corrected chi connectivity index (χ0v) is 14.1. The fraction of sp³-hybridized carbons (Fsp3) is 1.00. The average molecular weight is 259 g/mol. The van der Waals surface area contributed by atoms with Crippen LogP contribution in [0.2, 0.25) is 37.3 Å². The lowest BCUT2D eigenvalue weighted by Crippen LogP contribution is -2.51. The van der Waals surface area contributed by atoms with Gasteiger partial charge in [0.2, 0.25) is 0 Å². The van der Waals surface area contributed by atoms with E-state index in [9.17, 15) is 0 Å². The summed E-state index contributed by atoms with van der Waals surface area (Å²) in [6.07, 6.45) is 2.90. The Kier molecular flexibility index (Phi) is 4.43. The molecule has 0 saturated heterocycles. The van der Waals surface area contributed by atoms with Gasteiger partial charge < -0.3 is 9.96 Å². The fourth-order valence-corrected chi connectivity index (χ4v) is 9.38. The maximum Gasteiger partial charge on any atom is 0.122 e. The highest BCUT2D eigenvalue weighted by Gasteiger charge is 2.47. The van der Waals surface area contributed by atoms with Gasteiger partial charge in [0, 0.05) is 0 Å². The molecule has 1 fully saturated rings. The molecule has 1 aliphatic carbocycles. The van der Waals surface area contributed by atoms with E-state index in [1.165, 1.54) is 12.8 Å². The molecular weight excluding hydrogens is 228 g/mol. The Bertz CT molecular complexity index is 217. The standard InChI is InChI=1S/C12H30N2Si2/c1-10-11(15(4,5)13-2)8-9-12(10)16(6,7)14-3/h10-14H,8-9H2,1-7H3. The minimum Gasteiger partial charge on any atom is -0.340 e. The van der Waals surface area contributed by atoms with Crippen LogP contribution >= 0.6 is 0 Å². The SMILES string of the molecule is CN[Si](C)(C)C1CCC([Si](C)(C)NC)C1C. The monoisotopic (exact) mass is 258 g/mol. The van der Waals surface area contributed by atoms with E-state index in [2.05, 4.69) is 57.2 Å². The Balaban J connectivity index is 2.79. The first kappa shape index (κ1) is 14.4. The zero-order valence-electron chi connectivity index (χ0n) is 12.1. The average Bonchev–Trinajstić information content (AvgIpc) is 2.61. The molecule has 0 aromatic carbocycles. The lowest BCUT2D eigenvalue weighted by atomic mass is 10.1. The Morgan fingerprint density at radius 3 is 1.38 bits per heavy atom. The molecule has 0 amide bonds. The summed E-state index contributed by atoms with van der Waals surface area (Å²) in [5.74, 6) is 0.906. The first-order valence-corrected chi connectivity index (χ1v) is 12.8. The molecule has 0 heterocycles. The van der Waals surface area contributed by atoms with Crippen molar-refractivity contribution in [2.45, 2.75) is 57.0 Å². The summed E-state index contributed by atoms with van der Waals surface area (Å²) in [5.41, 5.74) is 1.92. The van der Waals surface area contributed by atoms with Gasteiger partial charge in [0.15, 0.2) is 0 Å². The molecule has 2 nitrogen and oxygen atoms in total. The predicted octanol–water partition coefficient (Wildman–Crippen LogP) is 3.01. The van der Waals surface area contributed by atoms with Crippen LogP contribution in [0, 0.1) is 5.92 Å². The van der Waals surface area contributed by atoms with Crippen molar-refractivity contribution < 1.29 is 0 Å². The minimum atomic E-state index is -1.20. The summed E-state index contributed by atoms with van der Waals surface area (Å²) in [5, 5.41) is 0. The fourth-order valence-electron chi connectivity index (χ4n) is 3.57. The van der Waals surface area contributed by atoms with Crippen LogP contribution < -0.4 is 9.96 Å². The van der Waals surface area contributed by atoms with Crippen LogP contribution in [0.3, 0.4) is 0 Å². The van der Waals surface area contributed by atoms with Crippen molar-refractivity contribution in [3.63, 3.8) is 0 Å². The van der Waals surface area contributed by atoms with Gasteiger partial charge in [0.25, 0.3) is 0 Å². The predicted molar refractivity (Wildman–Crippen MR) is 79.0 cm³/mol. The van der Waals surface area contributed by atoms with Crippen LogP contribution in [0.15, 0.2) is 0 Å². The van der Waals surface area contributed by atoms with Crippen LogP contribution in [0.4, 0.5) is 0 Å². The number of hydrogen-bond acceptors (Lipinski definition) is 2. The second kappa shape index (κ2) is 4.92. The highest BCUT2D eigenvalue weighted by atomic mass is 28.3. The van der Waals surface area contributed by atoms with Crippen LogP contribution in [0.25, 0.3) is 0 Å². The van der Waals surface area contributed by atoms with Gasteiger partial charge in [-0.25, -0.2) is 0 Å². The summed E-state index contributed by atoms with van der Waals surface area (Å²) < 4.78 is 0. The van der Waals surface area contributed by atoms with E-state index in [-0.39, 0.29) is 0 Å². The van der Waals surface area contributed by atoms with E-state index < -0.39 is 16.5 Å². The molecule has 2 atom stereocenters. The molecule has 2 unspecified atom stereocenters. The topological polar surface area (TPSA) is 24.1 Å². The normalized spacial score (nSPS) is 32.1. The van der Waals surface area contributed by atoms with Gasteiger partial charge in [-0.2, -0.15) is 0 Å². The lowest BCUT2D eigenvalue weighted by molar-refractivity contribution is 0.571. The third kappa shape index (κ3) is 2.60. The van der Waals surface area contributed by atoms with Gasteiger partial charge >= 0.3 is 0 Å². The Labute approximate surface area is 104 Å². The largest absolute Gasteiger partial charge is 0.340 e. The third-order valence-electron chi connectivity index (χ3n) is 5.20. The second-order valence-corrected chi connectivity index (χ2v) is 16.0. The third-order valence-corrected chi connectivity index (χ3v) is 13.1. The molecule has 0 aromatic heterocycles. The maximum atomic E-state index is 3.64. The van der Waals surface area contributed by atoms with Crippen molar-refractivity contribution in [2.24, 2.45) is 5.92 Å². The van der Waals surface area contributed by atoms with Gasteiger partial charge in [-0.1, -0.05) is 46.0 Å². The molecule has 0 spiro atoms. The number of rotatable bonds is 4. The highest BCUT2D eigenvalue weighted by Crippen LogP contribution is 2.52. The lowest BCUT2D eigenvalue weighted by Gasteiger charge is -2.37. The molecule has 0 aliphatic heterocycles. The number of nitrogens with one attached hydrogen (secondary N) is 2. The van der Waals surface area contributed by atoms with Crippen LogP contribution in [-0.4, -0.2) is 30.6 Å². The molecule has 96 valence electrons. The number of hydrogen-bond donors (Lipinski definition) is 2. The Morgan fingerprint density at radius 1 is 0.812 bits per heavy atom. The molecular formula is C12H30N2Si2. The van der Waals surface area contributed by atoms with E-state index in [1.54, 1.807) is 0 Å². The van der Waals surface area contributed by atoms with Gasteiger partial charge in [0.05, 0.1) is 0 Å². The smallest absolute Gasteiger partial charge is 0.122 e. The van der Waals surface area contributed by atoms with Crippen LogP contribution in [0.1, 0.15) is 19.8 Å². The van der Waals surface area contributed by atoms with Crippen molar-refractivity contribution in [2.75, 3.05) is 14.1 Å². The molecule has 0 radical (unpaired) electrons. The van der Waals surface area contributed by atoms with Crippen molar-refractivity contribution in [1.29, 1.82) is 0 Å². The van der Waals surface area contributed by atoms with E-state index >= 15 is 0 Å². The van der Waals surface area contributed by atoms with E-state index in [0.29, 0.717) is 0 Å². The van der Waals surface area contributed by atoms with Crippen LogP contribution in [0.5, 0.6) is 0 Å². The summed E-state index contributed by atoms with van der Waals surface area (Å²) in [7, 11) is 1.93. The van der Waals surface area contributed by atoms with E-state index in [4.69, 9.17) is 0 Å². The van der Waals surface area contributed by atoms with E-state index in [0.717, 1.165) is 17.0 Å². The second-order valence-electron chi connectivity index (χ2n) is 6.59. The van der Waals surface area contributed by atoms with Crippen molar-refractivity contribution >= 4 is 16.5 Å². The molecule has 2 N–H and O–H groups in total. The van der Waals surface area contributed by atoms with Gasteiger partial charge in [0.1, 0.15) is 16.5 Å². The molecule has 4 heteroatoms. The Hall–Kier alpha value is 0.354. The first-order valence-electron chi connectivity index (χ1n) is 6.64. The molecule has 0 aromatic rings. The van der Waals surface area contributed by atoms with Gasteiger partial charge in [-0.3, -0.25) is 0 Å². The first-order chi connectivity index (χ1) is 7.26. The maximum absolute atomic E-state index is 3.64. The summed E-state index contributed by atoms with van der Waals surface area (Å²) in [6.45, 7) is 12.5. The van der Waals surface area contributed by atoms with Crippen molar-refractivity contribution in [3.05, 3.63) is 0 Å². The van der Waals surface area contributed by atoms with E-state index in [1.807, 2.05) is 0 Å².